The van der Waals surface area contributed by atoms with Crippen molar-refractivity contribution in [3.63, 3.8) is 0 Å². The van der Waals surface area contributed by atoms with E-state index in [1.807, 2.05) is 24.3 Å². The second-order valence-electron chi connectivity index (χ2n) is 5.10. The molecule has 7 nitrogen and oxygen atoms in total. The Morgan fingerprint density at radius 1 is 1.00 bits per heavy atom. The number of methoxy groups -OCH3 is 3. The van der Waals surface area contributed by atoms with Gasteiger partial charge in [0.2, 0.25) is 0 Å². The molecule has 0 bridgehead atoms. The van der Waals surface area contributed by atoms with Crippen molar-refractivity contribution in [2.45, 2.75) is 0 Å². The molecule has 3 aromatic rings. The van der Waals surface area contributed by atoms with Gasteiger partial charge in [-0.05, 0) is 0 Å². The quantitative estimate of drug-likeness (QED) is 0.550. The van der Waals surface area contributed by atoms with Crippen LogP contribution in [0.5, 0.6) is 17.2 Å². The third kappa shape index (κ3) is 3.45. The number of ether oxygens (including phenoxy) is 3. The molecule has 0 saturated heterocycles. The zero-order valence-corrected chi connectivity index (χ0v) is 14.2. The Morgan fingerprint density at radius 2 is 1.72 bits per heavy atom. The molecule has 3 rings (SSSR count). The van der Waals surface area contributed by atoms with Crippen LogP contribution in [0.3, 0.4) is 0 Å². The van der Waals surface area contributed by atoms with Crippen LogP contribution in [-0.2, 0) is 0 Å². The van der Waals surface area contributed by atoms with Crippen molar-refractivity contribution >= 4 is 22.8 Å². The monoisotopic (exact) mass is 338 g/mol. The van der Waals surface area contributed by atoms with Gasteiger partial charge in [-0.3, -0.25) is 5.43 Å². The van der Waals surface area contributed by atoms with Crippen molar-refractivity contribution in [1.82, 2.24) is 10.2 Å². The fraction of sp³-hybridized carbons (Fsp3) is 0.167. The smallest absolute Gasteiger partial charge is 0.176 e. The van der Waals surface area contributed by atoms with Crippen LogP contribution in [0.25, 0.3) is 10.8 Å². The minimum absolute atomic E-state index is 0.570. The van der Waals surface area contributed by atoms with Gasteiger partial charge in [-0.2, -0.15) is 10.2 Å². The maximum Gasteiger partial charge on any atom is 0.176 e. The maximum absolute atomic E-state index is 5.40. The summed E-state index contributed by atoms with van der Waals surface area (Å²) < 4.78 is 16.0. The Bertz CT molecular complexity index is 881. The summed E-state index contributed by atoms with van der Waals surface area (Å²) in [5.74, 6) is 2.39. The van der Waals surface area contributed by atoms with Crippen molar-refractivity contribution in [3.8, 4) is 17.2 Å². The molecular weight excluding hydrogens is 320 g/mol. The molecule has 1 N–H and O–H groups in total. The van der Waals surface area contributed by atoms with Crippen molar-refractivity contribution in [3.05, 3.63) is 48.2 Å². The highest BCUT2D eigenvalue weighted by Crippen LogP contribution is 2.32. The number of anilines is 1. The molecule has 0 atom stereocenters. The highest BCUT2D eigenvalue weighted by atomic mass is 16.5. The first-order valence-corrected chi connectivity index (χ1v) is 7.56. The topological polar surface area (TPSA) is 77.9 Å². The molecule has 0 amide bonds. The van der Waals surface area contributed by atoms with Gasteiger partial charge in [0.15, 0.2) is 5.82 Å². The van der Waals surface area contributed by atoms with Gasteiger partial charge in [-0.1, -0.05) is 24.3 Å². The summed E-state index contributed by atoms with van der Waals surface area (Å²) in [6, 6.07) is 11.3. The lowest BCUT2D eigenvalue weighted by Crippen LogP contribution is -2.00. The first-order chi connectivity index (χ1) is 12.3. The molecule has 0 unspecified atom stereocenters. The van der Waals surface area contributed by atoms with E-state index >= 15 is 0 Å². The van der Waals surface area contributed by atoms with Crippen LogP contribution in [0, 0.1) is 0 Å². The van der Waals surface area contributed by atoms with Crippen molar-refractivity contribution in [2.75, 3.05) is 26.8 Å². The average molecular weight is 338 g/mol. The van der Waals surface area contributed by atoms with Gasteiger partial charge in [-0.25, -0.2) is 0 Å². The summed E-state index contributed by atoms with van der Waals surface area (Å²) in [4.78, 5) is 0. The van der Waals surface area contributed by atoms with Gasteiger partial charge in [0.1, 0.15) is 17.2 Å². The number of rotatable bonds is 6. The fourth-order valence-electron chi connectivity index (χ4n) is 2.43. The van der Waals surface area contributed by atoms with Crippen LogP contribution in [-0.4, -0.2) is 37.7 Å². The molecule has 25 heavy (non-hydrogen) atoms. The Kier molecular flexibility index (Phi) is 4.94. The lowest BCUT2D eigenvalue weighted by Gasteiger charge is -2.12. The van der Waals surface area contributed by atoms with Gasteiger partial charge in [0.05, 0.1) is 39.3 Å². The Hall–Kier alpha value is -3.35. The molecule has 0 saturated carbocycles. The van der Waals surface area contributed by atoms with E-state index in [1.54, 1.807) is 45.9 Å². The number of hydrogen-bond donors (Lipinski definition) is 1. The summed E-state index contributed by atoms with van der Waals surface area (Å²) in [5, 5.41) is 14.2. The van der Waals surface area contributed by atoms with Crippen LogP contribution < -0.4 is 19.6 Å². The Labute approximate surface area is 145 Å². The number of nitrogens with zero attached hydrogens (tertiary/aromatic N) is 3. The number of nitrogens with one attached hydrogen (secondary N) is 1. The molecule has 0 aliphatic rings. The van der Waals surface area contributed by atoms with E-state index in [0.29, 0.717) is 28.6 Å². The normalized spacial score (nSPS) is 10.8. The molecular formula is C18H18N4O3. The highest BCUT2D eigenvalue weighted by molar-refractivity contribution is 5.92. The number of hydrazone groups is 1. The van der Waals surface area contributed by atoms with Crippen LogP contribution in [0.2, 0.25) is 0 Å². The third-order valence-corrected chi connectivity index (χ3v) is 3.69. The van der Waals surface area contributed by atoms with Gasteiger partial charge in [0.25, 0.3) is 0 Å². The van der Waals surface area contributed by atoms with Crippen LogP contribution >= 0.6 is 0 Å². The number of fused-ring (bicyclic) bond motifs is 1. The van der Waals surface area contributed by atoms with Gasteiger partial charge in [0, 0.05) is 22.9 Å². The molecule has 1 heterocycles. The number of hydrogen-bond acceptors (Lipinski definition) is 7. The molecule has 1 aromatic heterocycles. The second kappa shape index (κ2) is 7.48. The van der Waals surface area contributed by atoms with Gasteiger partial charge >= 0.3 is 0 Å². The first kappa shape index (κ1) is 16.5. The second-order valence-corrected chi connectivity index (χ2v) is 5.10. The van der Waals surface area contributed by atoms with Crippen molar-refractivity contribution < 1.29 is 14.2 Å². The maximum atomic E-state index is 5.40. The zero-order valence-electron chi connectivity index (χ0n) is 14.2. The van der Waals surface area contributed by atoms with Gasteiger partial charge in [-0.15, -0.1) is 5.10 Å². The molecule has 0 spiro atoms. The highest BCUT2D eigenvalue weighted by Gasteiger charge is 2.11. The molecule has 0 aliphatic heterocycles. The van der Waals surface area contributed by atoms with E-state index in [0.717, 1.165) is 10.8 Å². The minimum Gasteiger partial charge on any atom is -0.496 e. The van der Waals surface area contributed by atoms with Crippen LogP contribution in [0.1, 0.15) is 5.56 Å². The lowest BCUT2D eigenvalue weighted by molar-refractivity contribution is 0.374. The average Bonchev–Trinajstić information content (AvgIpc) is 2.67. The minimum atomic E-state index is 0.570. The predicted octanol–water partition coefficient (Wildman–Crippen LogP) is 3.10. The summed E-state index contributed by atoms with van der Waals surface area (Å²) in [6.07, 6.45) is 3.32. The first-order valence-electron chi connectivity index (χ1n) is 7.56. The van der Waals surface area contributed by atoms with Gasteiger partial charge < -0.3 is 14.2 Å². The Balaban J connectivity index is 1.91. The van der Waals surface area contributed by atoms with Crippen molar-refractivity contribution in [1.29, 1.82) is 0 Å². The third-order valence-electron chi connectivity index (χ3n) is 3.69. The van der Waals surface area contributed by atoms with E-state index in [-0.39, 0.29) is 0 Å². The molecule has 128 valence electrons. The van der Waals surface area contributed by atoms with E-state index in [4.69, 9.17) is 14.2 Å². The summed E-state index contributed by atoms with van der Waals surface area (Å²) in [6.45, 7) is 0. The summed E-state index contributed by atoms with van der Waals surface area (Å²) in [7, 11) is 4.74. The molecule has 0 radical (unpaired) electrons. The lowest BCUT2D eigenvalue weighted by atomic mass is 10.2. The zero-order chi connectivity index (χ0) is 17.6. The fourth-order valence-corrected chi connectivity index (χ4v) is 2.43. The van der Waals surface area contributed by atoms with E-state index in [1.165, 1.54) is 0 Å². The van der Waals surface area contributed by atoms with E-state index in [2.05, 4.69) is 20.7 Å². The molecule has 0 aliphatic carbocycles. The van der Waals surface area contributed by atoms with E-state index in [9.17, 15) is 0 Å². The van der Waals surface area contributed by atoms with Crippen LogP contribution in [0.4, 0.5) is 5.82 Å². The Morgan fingerprint density at radius 3 is 2.40 bits per heavy atom. The standard InChI is InChI=1S/C18H18N4O3/c1-23-13-8-16(24-2)15(17(9-13)25-3)11-20-22-18-14-7-5-4-6-12(14)10-19-21-18/h4-11H,1-3H3,(H,21,22)/b20-11-. The number of benzene rings is 2. The molecule has 7 heteroatoms. The molecule has 2 aromatic carbocycles. The van der Waals surface area contributed by atoms with Crippen molar-refractivity contribution in [2.24, 2.45) is 5.10 Å². The largest absolute Gasteiger partial charge is 0.496 e. The summed E-state index contributed by atoms with van der Waals surface area (Å²) in [5.41, 5.74) is 3.61. The molecule has 0 fully saturated rings. The van der Waals surface area contributed by atoms with Crippen LogP contribution in [0.15, 0.2) is 47.7 Å². The SMILES string of the molecule is COc1cc(OC)c(/C=N\Nc2nncc3ccccc23)c(OC)c1. The van der Waals surface area contributed by atoms with E-state index < -0.39 is 0 Å². The number of aromatic nitrogens is 2. The summed E-state index contributed by atoms with van der Waals surface area (Å²) >= 11 is 0. The predicted molar refractivity (Wildman–Crippen MR) is 96.9 cm³/mol.